The van der Waals surface area contributed by atoms with E-state index >= 15 is 0 Å². The maximum absolute atomic E-state index is 12.1. The van der Waals surface area contributed by atoms with Gasteiger partial charge in [-0.1, -0.05) is 39.8 Å². The number of halogens is 1. The van der Waals surface area contributed by atoms with E-state index in [-0.39, 0.29) is 11.7 Å². The summed E-state index contributed by atoms with van der Waals surface area (Å²) < 4.78 is 5.02. The monoisotopic (exact) mass is 470 g/mol. The van der Waals surface area contributed by atoms with Gasteiger partial charge < -0.3 is 4.57 Å². The zero-order chi connectivity index (χ0) is 19.3. The quantitative estimate of drug-likeness (QED) is 0.242. The third kappa shape index (κ3) is 4.52. The Labute approximate surface area is 178 Å². The molecule has 28 heavy (non-hydrogen) atoms. The molecule has 0 atom stereocenters. The molecular formula is C20H15BrN4OS2. The van der Waals surface area contributed by atoms with Crippen LogP contribution < -0.4 is 5.43 Å². The molecule has 0 fully saturated rings. The molecule has 4 aromatic rings. The third-order valence-corrected chi connectivity index (χ3v) is 6.58. The zero-order valence-electron chi connectivity index (χ0n) is 14.6. The van der Waals surface area contributed by atoms with Crippen LogP contribution in [0.1, 0.15) is 5.69 Å². The van der Waals surface area contributed by atoms with Gasteiger partial charge in [-0.3, -0.25) is 4.79 Å². The summed E-state index contributed by atoms with van der Waals surface area (Å²) in [6.45, 7) is 0. The number of aromatic nitrogens is 2. The topological polar surface area (TPSA) is 59.3 Å². The summed E-state index contributed by atoms with van der Waals surface area (Å²) in [6, 6.07) is 19.8. The van der Waals surface area contributed by atoms with E-state index in [1.165, 1.54) is 11.8 Å². The van der Waals surface area contributed by atoms with Crippen LogP contribution in [-0.4, -0.2) is 27.4 Å². The van der Waals surface area contributed by atoms with Gasteiger partial charge in [-0.05, 0) is 48.5 Å². The van der Waals surface area contributed by atoms with Gasteiger partial charge in [0, 0.05) is 16.4 Å². The molecule has 4 rings (SSSR count). The minimum absolute atomic E-state index is 0.165. The van der Waals surface area contributed by atoms with Crippen LogP contribution in [0.5, 0.6) is 0 Å². The maximum atomic E-state index is 12.1. The number of thioether (sulfide) groups is 1. The van der Waals surface area contributed by atoms with Gasteiger partial charge in [0.15, 0.2) is 4.34 Å². The van der Waals surface area contributed by atoms with E-state index in [1.54, 1.807) is 17.6 Å². The smallest absolute Gasteiger partial charge is 0.250 e. The highest BCUT2D eigenvalue weighted by Gasteiger charge is 2.07. The fourth-order valence-corrected chi connectivity index (χ4v) is 4.70. The molecule has 8 heteroatoms. The second kappa shape index (κ2) is 8.72. The second-order valence-electron chi connectivity index (χ2n) is 5.81. The minimum atomic E-state index is -0.165. The number of benzene rings is 2. The summed E-state index contributed by atoms with van der Waals surface area (Å²) in [5.74, 6) is 0.104. The number of nitrogens with one attached hydrogen (secondary N) is 1. The summed E-state index contributed by atoms with van der Waals surface area (Å²) in [4.78, 5) is 16.6. The average Bonchev–Trinajstić information content (AvgIpc) is 3.33. The third-order valence-electron chi connectivity index (χ3n) is 3.87. The Bertz CT molecular complexity index is 1100. The first-order chi connectivity index (χ1) is 13.7. The van der Waals surface area contributed by atoms with Crippen molar-refractivity contribution < 1.29 is 4.79 Å². The zero-order valence-corrected chi connectivity index (χ0v) is 17.8. The van der Waals surface area contributed by atoms with Gasteiger partial charge >= 0.3 is 0 Å². The van der Waals surface area contributed by atoms with Crippen LogP contribution in [-0.2, 0) is 4.79 Å². The molecule has 0 radical (unpaired) electrons. The fraction of sp³-hybridized carbons (Fsp3) is 0.0500. The van der Waals surface area contributed by atoms with E-state index < -0.39 is 0 Å². The van der Waals surface area contributed by atoms with E-state index in [2.05, 4.69) is 31.4 Å². The lowest BCUT2D eigenvalue weighted by Crippen LogP contribution is -2.19. The van der Waals surface area contributed by atoms with Crippen molar-refractivity contribution in [1.82, 2.24) is 15.0 Å². The van der Waals surface area contributed by atoms with Crippen molar-refractivity contribution >= 4 is 61.4 Å². The van der Waals surface area contributed by atoms with E-state index in [1.807, 2.05) is 71.4 Å². The lowest BCUT2D eigenvalue weighted by atomic mass is 10.3. The van der Waals surface area contributed by atoms with Crippen LogP contribution in [0.3, 0.4) is 0 Å². The summed E-state index contributed by atoms with van der Waals surface area (Å²) in [5.41, 5.74) is 5.44. The number of nitrogens with zero attached hydrogens (tertiary/aromatic N) is 3. The van der Waals surface area contributed by atoms with Gasteiger partial charge in [-0.25, -0.2) is 10.4 Å². The molecular weight excluding hydrogens is 456 g/mol. The van der Waals surface area contributed by atoms with Crippen LogP contribution in [0.4, 0.5) is 0 Å². The fourth-order valence-electron chi connectivity index (χ4n) is 2.58. The molecule has 140 valence electrons. The first-order valence-electron chi connectivity index (χ1n) is 8.42. The number of thiazole rings is 1. The molecule has 0 spiro atoms. The number of hydrogen-bond acceptors (Lipinski definition) is 5. The number of carbonyl (C=O) groups excluding carboxylic acids is 1. The first-order valence-corrected chi connectivity index (χ1v) is 11.0. The summed E-state index contributed by atoms with van der Waals surface area (Å²) in [6.07, 6.45) is 3.59. The summed E-state index contributed by atoms with van der Waals surface area (Å²) >= 11 is 6.44. The van der Waals surface area contributed by atoms with Gasteiger partial charge in [-0.2, -0.15) is 5.10 Å². The molecule has 5 nitrogen and oxygen atoms in total. The number of fused-ring (bicyclic) bond motifs is 1. The number of hydrogen-bond donors (Lipinski definition) is 1. The Hall–Kier alpha value is -2.42. The Morgan fingerprint density at radius 3 is 2.82 bits per heavy atom. The van der Waals surface area contributed by atoms with Crippen LogP contribution in [0.25, 0.3) is 15.9 Å². The molecule has 0 bridgehead atoms. The van der Waals surface area contributed by atoms with Crippen LogP contribution >= 0.6 is 39.0 Å². The molecule has 1 amide bonds. The minimum Gasteiger partial charge on any atom is -0.316 e. The van der Waals surface area contributed by atoms with Crippen molar-refractivity contribution in [2.24, 2.45) is 5.10 Å². The number of para-hydroxylation sites is 1. The Morgan fingerprint density at radius 1 is 1.18 bits per heavy atom. The Balaban J connectivity index is 1.34. The number of amides is 1. The van der Waals surface area contributed by atoms with E-state index in [0.717, 1.165) is 30.4 Å². The molecule has 0 aliphatic rings. The molecule has 2 aromatic heterocycles. The Kier molecular flexibility index (Phi) is 5.90. The second-order valence-corrected chi connectivity index (χ2v) is 8.98. The molecule has 0 saturated carbocycles. The number of hydrazone groups is 1. The van der Waals surface area contributed by atoms with Crippen LogP contribution in [0.15, 0.2) is 80.8 Å². The molecule has 0 aliphatic heterocycles. The number of carbonyl (C=O) groups is 1. The maximum Gasteiger partial charge on any atom is 0.250 e. The van der Waals surface area contributed by atoms with Crippen LogP contribution in [0.2, 0.25) is 0 Å². The van der Waals surface area contributed by atoms with Gasteiger partial charge in [0.25, 0.3) is 5.91 Å². The standard InChI is InChI=1S/C20H15BrN4OS2/c21-14-7-9-15(10-8-14)25-11-3-4-16(25)12-22-24-19(26)13-27-20-23-17-5-1-2-6-18(17)28-20/h1-12H,13H2,(H,24,26)/b22-12+. The normalized spacial score (nSPS) is 11.3. The van der Waals surface area contributed by atoms with Crippen molar-refractivity contribution in [3.8, 4) is 5.69 Å². The molecule has 0 unspecified atom stereocenters. The lowest BCUT2D eigenvalue weighted by molar-refractivity contribution is -0.118. The number of rotatable bonds is 6. The molecule has 2 heterocycles. The van der Waals surface area contributed by atoms with Crippen molar-refractivity contribution in [3.63, 3.8) is 0 Å². The SMILES string of the molecule is O=C(CSc1nc2ccccc2s1)N/N=C/c1cccn1-c1ccc(Br)cc1. The predicted molar refractivity (Wildman–Crippen MR) is 120 cm³/mol. The Morgan fingerprint density at radius 2 is 2.00 bits per heavy atom. The van der Waals surface area contributed by atoms with E-state index in [4.69, 9.17) is 0 Å². The van der Waals surface area contributed by atoms with Crippen molar-refractivity contribution in [2.45, 2.75) is 4.34 Å². The van der Waals surface area contributed by atoms with Gasteiger partial charge in [0.2, 0.25) is 0 Å². The lowest BCUT2D eigenvalue weighted by Gasteiger charge is -2.06. The van der Waals surface area contributed by atoms with Gasteiger partial charge in [0.1, 0.15) is 0 Å². The van der Waals surface area contributed by atoms with Crippen molar-refractivity contribution in [2.75, 3.05) is 5.75 Å². The van der Waals surface area contributed by atoms with Crippen molar-refractivity contribution in [3.05, 3.63) is 77.0 Å². The first kappa shape index (κ1) is 18.9. The highest BCUT2D eigenvalue weighted by molar-refractivity contribution is 9.10. The van der Waals surface area contributed by atoms with Gasteiger partial charge in [-0.15, -0.1) is 11.3 Å². The van der Waals surface area contributed by atoms with E-state index in [0.29, 0.717) is 0 Å². The van der Waals surface area contributed by atoms with Gasteiger partial charge in [0.05, 0.1) is 27.9 Å². The van der Waals surface area contributed by atoms with E-state index in [9.17, 15) is 4.79 Å². The van der Waals surface area contributed by atoms with Crippen LogP contribution in [0, 0.1) is 0 Å². The summed E-state index contributed by atoms with van der Waals surface area (Å²) in [7, 11) is 0. The average molecular weight is 471 g/mol. The molecule has 0 saturated heterocycles. The summed E-state index contributed by atoms with van der Waals surface area (Å²) in [5, 5.41) is 4.09. The molecule has 0 aliphatic carbocycles. The largest absolute Gasteiger partial charge is 0.316 e. The highest BCUT2D eigenvalue weighted by Crippen LogP contribution is 2.29. The molecule has 1 N–H and O–H groups in total. The van der Waals surface area contributed by atoms with Crippen molar-refractivity contribution in [1.29, 1.82) is 0 Å². The molecule has 2 aromatic carbocycles. The highest BCUT2D eigenvalue weighted by atomic mass is 79.9. The predicted octanol–water partition coefficient (Wildman–Crippen LogP) is 5.09.